The minimum absolute atomic E-state index is 0.0259. The number of carbonyl (C=O) groups is 2. The van der Waals surface area contributed by atoms with Crippen molar-refractivity contribution >= 4 is 29.2 Å². The van der Waals surface area contributed by atoms with Crippen LogP contribution in [0.3, 0.4) is 0 Å². The average molecular weight is 365 g/mol. The molecule has 1 N–H and O–H groups in total. The summed E-state index contributed by atoms with van der Waals surface area (Å²) in [6.07, 6.45) is -0.986. The van der Waals surface area contributed by atoms with Crippen molar-refractivity contribution in [2.75, 3.05) is 5.32 Å². The number of ether oxygens (including phenoxy) is 1. The van der Waals surface area contributed by atoms with E-state index in [1.807, 2.05) is 20.8 Å². The number of aryl methyl sites for hydroxylation is 2. The minimum atomic E-state index is -0.986. The molecule has 1 aromatic carbocycles. The number of carbonyl (C=O) groups excluding carboxylic acids is 2. The number of rotatable bonds is 5. The second-order valence-electron chi connectivity index (χ2n) is 6.16. The molecule has 0 bridgehead atoms. The van der Waals surface area contributed by atoms with Crippen molar-refractivity contribution in [3.8, 4) is 0 Å². The van der Waals surface area contributed by atoms with Gasteiger partial charge in [0.15, 0.2) is 11.9 Å². The number of amides is 1. The Balaban J connectivity index is 2.10. The maximum absolute atomic E-state index is 12.4. The number of nitrogens with one attached hydrogen (secondary N) is 1. The first-order valence-corrected chi connectivity index (χ1v) is 8.32. The zero-order valence-electron chi connectivity index (χ0n) is 14.8. The van der Waals surface area contributed by atoms with Gasteiger partial charge in [-0.3, -0.25) is 4.79 Å². The van der Waals surface area contributed by atoms with Gasteiger partial charge in [-0.25, -0.2) is 4.79 Å². The molecule has 2 aromatic rings. The highest BCUT2D eigenvalue weighted by molar-refractivity contribution is 6.31. The maximum Gasteiger partial charge on any atom is 0.344 e. The monoisotopic (exact) mass is 364 g/mol. The molecule has 0 aliphatic rings. The van der Waals surface area contributed by atoms with Gasteiger partial charge in [0.05, 0.1) is 5.69 Å². The van der Waals surface area contributed by atoms with Crippen LogP contribution in [0.2, 0.25) is 5.02 Å². The van der Waals surface area contributed by atoms with Gasteiger partial charge in [0.1, 0.15) is 5.56 Å². The normalized spacial score (nSPS) is 12.1. The SMILES string of the molecule is Cc1ccc(Cl)cc1NC(=O)[C@@H](C)OC(=O)c1c(C)noc1C(C)C. The lowest BCUT2D eigenvalue weighted by Crippen LogP contribution is -2.30. The van der Waals surface area contributed by atoms with Crippen LogP contribution in [0.25, 0.3) is 0 Å². The van der Waals surface area contributed by atoms with Gasteiger partial charge >= 0.3 is 5.97 Å². The Morgan fingerprint density at radius 1 is 1.24 bits per heavy atom. The van der Waals surface area contributed by atoms with Crippen molar-refractivity contribution in [2.45, 2.75) is 46.6 Å². The van der Waals surface area contributed by atoms with Crippen LogP contribution in [0, 0.1) is 13.8 Å². The largest absolute Gasteiger partial charge is 0.449 e. The minimum Gasteiger partial charge on any atom is -0.449 e. The third kappa shape index (κ3) is 4.39. The van der Waals surface area contributed by atoms with Gasteiger partial charge < -0.3 is 14.6 Å². The van der Waals surface area contributed by atoms with E-state index >= 15 is 0 Å². The molecule has 0 aliphatic carbocycles. The Labute approximate surface area is 151 Å². The number of hydrogen-bond acceptors (Lipinski definition) is 5. The summed E-state index contributed by atoms with van der Waals surface area (Å²) in [4.78, 5) is 24.7. The summed E-state index contributed by atoms with van der Waals surface area (Å²) >= 11 is 5.94. The van der Waals surface area contributed by atoms with Crippen molar-refractivity contribution in [1.29, 1.82) is 0 Å². The summed E-state index contributed by atoms with van der Waals surface area (Å²) in [6, 6.07) is 5.17. The highest BCUT2D eigenvalue weighted by Crippen LogP contribution is 2.24. The van der Waals surface area contributed by atoms with Crippen LogP contribution >= 0.6 is 11.6 Å². The van der Waals surface area contributed by atoms with Gasteiger partial charge in [0, 0.05) is 16.6 Å². The van der Waals surface area contributed by atoms with Crippen LogP contribution in [0.1, 0.15) is 54.1 Å². The molecule has 1 atom stereocenters. The van der Waals surface area contributed by atoms with Crippen molar-refractivity contribution < 1.29 is 18.8 Å². The number of benzene rings is 1. The Kier molecular flexibility index (Phi) is 5.85. The molecular formula is C18H21ClN2O4. The van der Waals surface area contributed by atoms with Gasteiger partial charge in [-0.1, -0.05) is 36.7 Å². The fourth-order valence-electron chi connectivity index (χ4n) is 2.27. The molecule has 7 heteroatoms. The Morgan fingerprint density at radius 3 is 2.56 bits per heavy atom. The maximum atomic E-state index is 12.4. The molecular weight excluding hydrogens is 344 g/mol. The molecule has 134 valence electrons. The summed E-state index contributed by atoms with van der Waals surface area (Å²) in [6.45, 7) is 8.78. The summed E-state index contributed by atoms with van der Waals surface area (Å²) in [5.74, 6) is -0.658. The smallest absolute Gasteiger partial charge is 0.344 e. The highest BCUT2D eigenvalue weighted by Gasteiger charge is 2.27. The zero-order valence-corrected chi connectivity index (χ0v) is 15.6. The van der Waals surface area contributed by atoms with Crippen LogP contribution in [0.15, 0.2) is 22.7 Å². The Hall–Kier alpha value is -2.34. The summed E-state index contributed by atoms with van der Waals surface area (Å²) in [5, 5.41) is 7.03. The average Bonchev–Trinajstić information content (AvgIpc) is 2.92. The lowest BCUT2D eigenvalue weighted by molar-refractivity contribution is -0.123. The quantitative estimate of drug-likeness (QED) is 0.802. The first kappa shape index (κ1) is 19.0. The molecule has 1 heterocycles. The molecule has 0 spiro atoms. The molecule has 0 unspecified atom stereocenters. The van der Waals surface area contributed by atoms with Crippen LogP contribution in [-0.4, -0.2) is 23.1 Å². The number of hydrogen-bond donors (Lipinski definition) is 1. The number of anilines is 1. The summed E-state index contributed by atoms with van der Waals surface area (Å²) in [7, 11) is 0. The molecule has 6 nitrogen and oxygen atoms in total. The molecule has 1 aromatic heterocycles. The van der Waals surface area contributed by atoms with E-state index in [2.05, 4.69) is 10.5 Å². The lowest BCUT2D eigenvalue weighted by Gasteiger charge is -2.15. The summed E-state index contributed by atoms with van der Waals surface area (Å²) in [5.41, 5.74) is 2.14. The van der Waals surface area contributed by atoms with E-state index in [9.17, 15) is 9.59 Å². The van der Waals surface area contributed by atoms with Crippen molar-refractivity contribution in [2.24, 2.45) is 0 Å². The first-order valence-electron chi connectivity index (χ1n) is 7.94. The molecule has 0 fully saturated rings. The summed E-state index contributed by atoms with van der Waals surface area (Å²) < 4.78 is 10.5. The predicted octanol–water partition coefficient (Wildman–Crippen LogP) is 4.25. The van der Waals surface area contributed by atoms with Crippen LogP contribution in [0.5, 0.6) is 0 Å². The molecule has 2 rings (SSSR count). The molecule has 0 aliphatic heterocycles. The fraction of sp³-hybridized carbons (Fsp3) is 0.389. The van der Waals surface area contributed by atoms with Crippen LogP contribution in [-0.2, 0) is 9.53 Å². The molecule has 0 saturated heterocycles. The van der Waals surface area contributed by atoms with Gasteiger partial charge in [-0.2, -0.15) is 0 Å². The Morgan fingerprint density at radius 2 is 1.92 bits per heavy atom. The number of halogens is 1. The predicted molar refractivity (Wildman–Crippen MR) is 95.0 cm³/mol. The number of nitrogens with zero attached hydrogens (tertiary/aromatic N) is 1. The number of esters is 1. The fourth-order valence-corrected chi connectivity index (χ4v) is 2.44. The van der Waals surface area contributed by atoms with Crippen molar-refractivity contribution in [1.82, 2.24) is 5.16 Å². The van der Waals surface area contributed by atoms with Crippen molar-refractivity contribution in [3.05, 3.63) is 45.8 Å². The molecule has 25 heavy (non-hydrogen) atoms. The third-order valence-electron chi connectivity index (χ3n) is 3.73. The van der Waals surface area contributed by atoms with E-state index in [0.717, 1.165) is 5.56 Å². The highest BCUT2D eigenvalue weighted by atomic mass is 35.5. The van der Waals surface area contributed by atoms with E-state index < -0.39 is 18.0 Å². The zero-order chi connectivity index (χ0) is 18.7. The van der Waals surface area contributed by atoms with E-state index in [0.29, 0.717) is 22.2 Å². The Bertz CT molecular complexity index is 798. The molecule has 1 amide bonds. The van der Waals surface area contributed by atoms with Crippen LogP contribution < -0.4 is 5.32 Å². The van der Waals surface area contributed by atoms with E-state index in [-0.39, 0.29) is 11.5 Å². The first-order chi connectivity index (χ1) is 11.7. The third-order valence-corrected chi connectivity index (χ3v) is 3.96. The molecule has 0 radical (unpaired) electrons. The number of aromatic nitrogens is 1. The van der Waals surface area contributed by atoms with Gasteiger partial charge in [-0.05, 0) is 38.5 Å². The van der Waals surface area contributed by atoms with Gasteiger partial charge in [0.25, 0.3) is 5.91 Å². The van der Waals surface area contributed by atoms with Crippen LogP contribution in [0.4, 0.5) is 5.69 Å². The van der Waals surface area contributed by atoms with Crippen molar-refractivity contribution in [3.63, 3.8) is 0 Å². The lowest BCUT2D eigenvalue weighted by atomic mass is 10.1. The van der Waals surface area contributed by atoms with Gasteiger partial charge in [0.2, 0.25) is 0 Å². The van der Waals surface area contributed by atoms with Gasteiger partial charge in [-0.15, -0.1) is 0 Å². The second-order valence-corrected chi connectivity index (χ2v) is 6.59. The molecule has 0 saturated carbocycles. The van der Waals surface area contributed by atoms with E-state index in [4.69, 9.17) is 20.9 Å². The van der Waals surface area contributed by atoms with E-state index in [1.165, 1.54) is 6.92 Å². The standard InChI is InChI=1S/C18H21ClN2O4/c1-9(2)16-15(11(4)21-25-16)18(23)24-12(5)17(22)20-14-8-13(19)7-6-10(14)3/h6-9,12H,1-5H3,(H,20,22)/t12-/m1/s1. The van der Waals surface area contributed by atoms with E-state index in [1.54, 1.807) is 25.1 Å². The topological polar surface area (TPSA) is 81.4 Å². The second kappa shape index (κ2) is 7.70.